The van der Waals surface area contributed by atoms with Gasteiger partial charge in [-0.3, -0.25) is 9.52 Å². The maximum Gasteiger partial charge on any atom is 0.247 e. The third-order valence-corrected chi connectivity index (χ3v) is 6.34. The molecular weight excluding hydrogens is 548 g/mol. The van der Waals surface area contributed by atoms with Gasteiger partial charge in [-0.25, -0.2) is 18.4 Å². The molecule has 0 fully saturated rings. The summed E-state index contributed by atoms with van der Waals surface area (Å²) in [7, 11) is 5.42. The van der Waals surface area contributed by atoms with Crippen LogP contribution >= 0.6 is 0 Å². The van der Waals surface area contributed by atoms with Gasteiger partial charge in [0.05, 0.1) is 43.2 Å². The average Bonchev–Trinajstić information content (AvgIpc) is 2.91. The molecule has 0 unspecified atom stereocenters. The van der Waals surface area contributed by atoms with Gasteiger partial charge in [0.15, 0.2) is 0 Å². The number of carbonyl (C=O) groups is 1. The van der Waals surface area contributed by atoms with Crippen LogP contribution in [0.15, 0.2) is 55.4 Å². The van der Waals surface area contributed by atoms with Crippen molar-refractivity contribution < 1.29 is 22.7 Å². The van der Waals surface area contributed by atoms with Crippen LogP contribution in [-0.2, 0) is 14.8 Å². The highest BCUT2D eigenvalue weighted by Crippen LogP contribution is 2.38. The van der Waals surface area contributed by atoms with Crippen molar-refractivity contribution in [2.24, 2.45) is 0 Å². The molecule has 0 saturated carbocycles. The molecule has 220 valence electrons. The summed E-state index contributed by atoms with van der Waals surface area (Å²) < 4.78 is 36.9. The number of carbonyl (C=O) groups excluding carboxylic acids is 1. The lowest BCUT2D eigenvalue weighted by molar-refractivity contribution is -0.111. The van der Waals surface area contributed by atoms with Gasteiger partial charge < -0.3 is 35.2 Å². The first-order chi connectivity index (χ1) is 19.4. The van der Waals surface area contributed by atoms with Crippen LogP contribution < -0.4 is 35.0 Å². The van der Waals surface area contributed by atoms with E-state index in [2.05, 4.69) is 42.1 Å². The van der Waals surface area contributed by atoms with Gasteiger partial charge in [0.1, 0.15) is 29.5 Å². The predicted molar refractivity (Wildman–Crippen MR) is 164 cm³/mol. The number of hydrogen-bond acceptors (Lipinski definition) is 11. The highest BCUT2D eigenvalue weighted by molar-refractivity contribution is 7.92. The maximum atomic E-state index is 12.2. The highest BCUT2D eigenvalue weighted by Gasteiger charge is 2.17. The molecule has 0 bridgehead atoms. The number of benzene rings is 2. The van der Waals surface area contributed by atoms with E-state index in [0.717, 1.165) is 18.5 Å². The van der Waals surface area contributed by atoms with E-state index in [-0.39, 0.29) is 11.6 Å². The summed E-state index contributed by atoms with van der Waals surface area (Å²) in [5.41, 5.74) is 2.74. The van der Waals surface area contributed by atoms with Crippen molar-refractivity contribution in [2.45, 2.75) is 0 Å². The van der Waals surface area contributed by atoms with E-state index in [1.807, 2.05) is 32.1 Å². The third-order valence-electron chi connectivity index (χ3n) is 5.75. The Bertz CT molecular complexity index is 1500. The van der Waals surface area contributed by atoms with Gasteiger partial charge >= 0.3 is 0 Å². The molecule has 0 spiro atoms. The van der Waals surface area contributed by atoms with Gasteiger partial charge in [0, 0.05) is 38.0 Å². The smallest absolute Gasteiger partial charge is 0.247 e. The zero-order valence-corrected chi connectivity index (χ0v) is 24.8. The van der Waals surface area contributed by atoms with Crippen LogP contribution in [0, 0.1) is 0 Å². The van der Waals surface area contributed by atoms with Gasteiger partial charge in [-0.1, -0.05) is 6.58 Å². The number of rotatable bonds is 14. The minimum Gasteiger partial charge on any atom is -0.495 e. The van der Waals surface area contributed by atoms with Gasteiger partial charge in [-0.2, -0.15) is 0 Å². The normalized spacial score (nSPS) is 11.0. The second-order valence-electron chi connectivity index (χ2n) is 9.32. The number of nitrogens with zero attached hydrogens (tertiary/aromatic N) is 4. The van der Waals surface area contributed by atoms with Crippen molar-refractivity contribution in [3.63, 3.8) is 0 Å². The van der Waals surface area contributed by atoms with E-state index in [1.54, 1.807) is 37.4 Å². The molecule has 0 aliphatic rings. The van der Waals surface area contributed by atoms with Crippen LogP contribution in [0.1, 0.15) is 0 Å². The van der Waals surface area contributed by atoms with E-state index in [1.165, 1.54) is 19.5 Å². The Morgan fingerprint density at radius 1 is 0.927 bits per heavy atom. The van der Waals surface area contributed by atoms with E-state index >= 15 is 0 Å². The van der Waals surface area contributed by atoms with Crippen LogP contribution in [-0.4, -0.2) is 83.9 Å². The van der Waals surface area contributed by atoms with Gasteiger partial charge in [-0.05, 0) is 44.4 Å². The standard InChI is InChI=1S/C27H36N8O5S/c1-8-27(36)32-19-14-20(24(40-6)15-22(19)35(4)12-11-34(2)3)31-26-16-25(28-17-29-26)30-18-9-10-23(39-5)21(13-18)33-41(7,37)38/h8-10,13-17,33H,1,11-12H2,2-7H3,(H,32,36)(H2,28,29,30,31). The largest absolute Gasteiger partial charge is 0.495 e. The second-order valence-corrected chi connectivity index (χ2v) is 11.1. The first kappa shape index (κ1) is 31.0. The lowest BCUT2D eigenvalue weighted by atomic mass is 10.2. The Labute approximate surface area is 240 Å². The van der Waals surface area contributed by atoms with Crippen molar-refractivity contribution in [1.82, 2.24) is 14.9 Å². The second kappa shape index (κ2) is 13.7. The molecule has 3 aromatic rings. The van der Waals surface area contributed by atoms with Crippen molar-refractivity contribution in [2.75, 3.05) is 80.3 Å². The lowest BCUT2D eigenvalue weighted by Crippen LogP contribution is -2.29. The molecule has 14 heteroatoms. The molecule has 41 heavy (non-hydrogen) atoms. The van der Waals surface area contributed by atoms with E-state index in [4.69, 9.17) is 9.47 Å². The molecule has 0 radical (unpaired) electrons. The molecular formula is C27H36N8O5S. The molecule has 0 atom stereocenters. The summed E-state index contributed by atoms with van der Waals surface area (Å²) >= 11 is 0. The van der Waals surface area contributed by atoms with Crippen molar-refractivity contribution >= 4 is 56.0 Å². The minimum atomic E-state index is -3.52. The van der Waals surface area contributed by atoms with Crippen LogP contribution in [0.4, 0.5) is 40.1 Å². The van der Waals surface area contributed by atoms with Crippen LogP contribution in [0.5, 0.6) is 11.5 Å². The Morgan fingerprint density at radius 2 is 1.61 bits per heavy atom. The molecule has 1 aromatic heterocycles. The Kier molecular flexibility index (Phi) is 10.3. The van der Waals surface area contributed by atoms with Gasteiger partial charge in [-0.15, -0.1) is 0 Å². The van der Waals surface area contributed by atoms with Crippen LogP contribution in [0.25, 0.3) is 0 Å². The number of methoxy groups -OCH3 is 2. The fourth-order valence-electron chi connectivity index (χ4n) is 3.75. The summed E-state index contributed by atoms with van der Waals surface area (Å²) in [6.07, 6.45) is 3.64. The number of anilines is 7. The summed E-state index contributed by atoms with van der Waals surface area (Å²) in [6.45, 7) is 5.08. The zero-order valence-electron chi connectivity index (χ0n) is 24.0. The average molecular weight is 585 g/mol. The number of aromatic nitrogens is 2. The number of sulfonamides is 1. The molecule has 0 saturated heterocycles. The fourth-order valence-corrected chi connectivity index (χ4v) is 4.31. The SMILES string of the molecule is C=CC(=O)Nc1cc(Nc2cc(Nc3ccc(OC)c(NS(C)(=O)=O)c3)ncn2)c(OC)cc1N(C)CCN(C)C. The number of hydrogen-bond donors (Lipinski definition) is 4. The Morgan fingerprint density at radius 3 is 2.22 bits per heavy atom. The Hall–Kier alpha value is -4.56. The van der Waals surface area contributed by atoms with Crippen molar-refractivity contribution in [3.8, 4) is 11.5 Å². The molecule has 2 aromatic carbocycles. The quantitative estimate of drug-likeness (QED) is 0.206. The highest BCUT2D eigenvalue weighted by atomic mass is 32.2. The maximum absolute atomic E-state index is 12.2. The summed E-state index contributed by atoms with van der Waals surface area (Å²) in [5, 5.41) is 9.23. The zero-order chi connectivity index (χ0) is 30.2. The van der Waals surface area contributed by atoms with Crippen molar-refractivity contribution in [3.05, 3.63) is 55.4 Å². The molecule has 1 amide bonds. The monoisotopic (exact) mass is 584 g/mol. The summed E-state index contributed by atoms with van der Waals surface area (Å²) in [4.78, 5) is 24.9. The molecule has 3 rings (SSSR count). The fraction of sp³-hybridized carbons (Fsp3) is 0.296. The van der Waals surface area contributed by atoms with Crippen LogP contribution in [0.3, 0.4) is 0 Å². The summed E-state index contributed by atoms with van der Waals surface area (Å²) in [5.74, 6) is 1.44. The lowest BCUT2D eigenvalue weighted by Gasteiger charge is -2.26. The van der Waals surface area contributed by atoms with Crippen molar-refractivity contribution in [1.29, 1.82) is 0 Å². The van der Waals surface area contributed by atoms with E-state index in [0.29, 0.717) is 46.7 Å². The number of ether oxygens (including phenoxy) is 2. The first-order valence-electron chi connectivity index (χ1n) is 12.5. The predicted octanol–water partition coefficient (Wildman–Crippen LogP) is 3.47. The van der Waals surface area contributed by atoms with E-state index in [9.17, 15) is 13.2 Å². The number of likely N-dealkylation sites (N-methyl/N-ethyl adjacent to an activating group) is 2. The third kappa shape index (κ3) is 8.98. The topological polar surface area (TPSA) is 150 Å². The number of nitrogens with one attached hydrogen (secondary N) is 4. The Balaban J connectivity index is 1.91. The minimum absolute atomic E-state index is 0.280. The molecule has 0 aliphatic carbocycles. The number of amides is 1. The molecule has 1 heterocycles. The molecule has 0 aliphatic heterocycles. The molecule has 13 nitrogen and oxygen atoms in total. The first-order valence-corrected chi connectivity index (χ1v) is 14.3. The summed E-state index contributed by atoms with van der Waals surface area (Å²) in [6, 6.07) is 10.2. The van der Waals surface area contributed by atoms with Gasteiger partial charge in [0.25, 0.3) is 0 Å². The molecule has 4 N–H and O–H groups in total. The van der Waals surface area contributed by atoms with E-state index < -0.39 is 10.0 Å². The van der Waals surface area contributed by atoms with Gasteiger partial charge in [0.2, 0.25) is 15.9 Å². The van der Waals surface area contributed by atoms with Crippen LogP contribution in [0.2, 0.25) is 0 Å².